The number of hydrogen-bond donors (Lipinski definition) is 1. The lowest BCUT2D eigenvalue weighted by molar-refractivity contribution is 0.265. The van der Waals surface area contributed by atoms with E-state index in [9.17, 15) is 0 Å². The summed E-state index contributed by atoms with van der Waals surface area (Å²) in [5.74, 6) is 3.19. The minimum absolute atomic E-state index is 0.570. The van der Waals surface area contributed by atoms with E-state index in [1.807, 2.05) is 37.3 Å². The molecule has 3 heterocycles. The zero-order chi connectivity index (χ0) is 24.7. The summed E-state index contributed by atoms with van der Waals surface area (Å²) in [5, 5.41) is 19.4. The van der Waals surface area contributed by atoms with Crippen molar-refractivity contribution in [2.45, 2.75) is 46.1 Å². The fourth-order valence-corrected chi connectivity index (χ4v) is 4.32. The zero-order valence-corrected chi connectivity index (χ0v) is 20.6. The number of ether oxygens (including phenoxy) is 2. The lowest BCUT2D eigenvalue weighted by Crippen LogP contribution is -2.04. The SMILES string of the molecule is CCCc1c(OCCCCOc2ccc(-c3nn[nH]n3)cc2)ccc2c1ccn2Cc1cc(C)on1. The van der Waals surface area contributed by atoms with Crippen molar-refractivity contribution in [1.82, 2.24) is 30.3 Å². The topological polar surface area (TPSA) is 104 Å². The van der Waals surface area contributed by atoms with Crippen LogP contribution in [0.5, 0.6) is 11.5 Å². The summed E-state index contributed by atoms with van der Waals surface area (Å²) in [7, 11) is 0. The minimum Gasteiger partial charge on any atom is -0.494 e. The molecule has 0 amide bonds. The van der Waals surface area contributed by atoms with Gasteiger partial charge in [-0.05, 0) is 73.9 Å². The van der Waals surface area contributed by atoms with Crippen LogP contribution in [0.25, 0.3) is 22.3 Å². The number of H-pyrrole nitrogens is 1. The Kier molecular flexibility index (Phi) is 7.25. The van der Waals surface area contributed by atoms with Gasteiger partial charge in [0.2, 0.25) is 5.82 Å². The van der Waals surface area contributed by atoms with Crippen LogP contribution in [0, 0.1) is 6.92 Å². The number of rotatable bonds is 12. The molecule has 0 fully saturated rings. The van der Waals surface area contributed by atoms with Crippen molar-refractivity contribution < 1.29 is 14.0 Å². The molecule has 36 heavy (non-hydrogen) atoms. The van der Waals surface area contributed by atoms with Crippen LogP contribution < -0.4 is 9.47 Å². The van der Waals surface area contributed by atoms with Crippen LogP contribution in [0.4, 0.5) is 0 Å². The second-order valence-electron chi connectivity index (χ2n) is 8.76. The average Bonchev–Trinajstić information content (AvgIpc) is 3.65. The number of nitrogens with zero attached hydrogens (tertiary/aromatic N) is 5. The number of aromatic amines is 1. The molecule has 0 atom stereocenters. The molecular weight excluding hydrogens is 456 g/mol. The molecule has 0 radical (unpaired) electrons. The molecule has 5 rings (SSSR count). The molecule has 0 spiro atoms. The number of aromatic nitrogens is 6. The summed E-state index contributed by atoms with van der Waals surface area (Å²) in [5.41, 5.74) is 4.27. The Balaban J connectivity index is 1.13. The van der Waals surface area contributed by atoms with Crippen LogP contribution >= 0.6 is 0 Å². The van der Waals surface area contributed by atoms with Crippen LogP contribution in [0.2, 0.25) is 0 Å². The quantitative estimate of drug-likeness (QED) is 0.237. The van der Waals surface area contributed by atoms with Gasteiger partial charge in [0, 0.05) is 34.3 Å². The molecule has 5 aromatic rings. The van der Waals surface area contributed by atoms with Crippen molar-refractivity contribution in [2.24, 2.45) is 0 Å². The van der Waals surface area contributed by atoms with Gasteiger partial charge < -0.3 is 18.6 Å². The van der Waals surface area contributed by atoms with Crippen molar-refractivity contribution in [3.05, 3.63) is 71.7 Å². The number of unbranched alkanes of at least 4 members (excludes halogenated alkanes) is 1. The Bertz CT molecular complexity index is 1390. The first kappa shape index (κ1) is 23.6. The molecule has 0 unspecified atom stereocenters. The zero-order valence-electron chi connectivity index (χ0n) is 20.6. The molecule has 3 aromatic heterocycles. The lowest BCUT2D eigenvalue weighted by atomic mass is 10.0. The number of aryl methyl sites for hydroxylation is 2. The number of nitrogens with one attached hydrogen (secondary N) is 1. The second kappa shape index (κ2) is 11.1. The molecule has 0 aliphatic rings. The van der Waals surface area contributed by atoms with Crippen LogP contribution in [-0.2, 0) is 13.0 Å². The highest BCUT2D eigenvalue weighted by molar-refractivity contribution is 5.86. The Morgan fingerprint density at radius 3 is 2.56 bits per heavy atom. The van der Waals surface area contributed by atoms with Crippen LogP contribution in [0.3, 0.4) is 0 Å². The maximum Gasteiger partial charge on any atom is 0.204 e. The second-order valence-corrected chi connectivity index (χ2v) is 8.76. The van der Waals surface area contributed by atoms with Gasteiger partial charge in [0.25, 0.3) is 0 Å². The number of fused-ring (bicyclic) bond motifs is 1. The highest BCUT2D eigenvalue weighted by atomic mass is 16.5. The van der Waals surface area contributed by atoms with E-state index < -0.39 is 0 Å². The van der Waals surface area contributed by atoms with Crippen molar-refractivity contribution in [3.8, 4) is 22.9 Å². The van der Waals surface area contributed by atoms with Crippen LogP contribution in [0.15, 0.2) is 59.3 Å². The normalized spacial score (nSPS) is 11.3. The smallest absolute Gasteiger partial charge is 0.204 e. The largest absolute Gasteiger partial charge is 0.494 e. The molecule has 2 aromatic carbocycles. The molecule has 9 nitrogen and oxygen atoms in total. The van der Waals surface area contributed by atoms with E-state index in [1.54, 1.807) is 0 Å². The van der Waals surface area contributed by atoms with Crippen molar-refractivity contribution >= 4 is 10.9 Å². The summed E-state index contributed by atoms with van der Waals surface area (Å²) in [6.45, 7) is 6.09. The van der Waals surface area contributed by atoms with Gasteiger partial charge in [-0.2, -0.15) is 5.21 Å². The van der Waals surface area contributed by atoms with E-state index in [0.717, 1.165) is 54.2 Å². The number of hydrogen-bond acceptors (Lipinski definition) is 7. The molecule has 186 valence electrons. The van der Waals surface area contributed by atoms with E-state index in [2.05, 4.69) is 61.7 Å². The standard InChI is InChI=1S/C27H30N6O3/c1-3-6-24-23-13-14-33(18-21-17-19(2)36-30-21)25(23)11-12-26(24)35-16-5-4-15-34-22-9-7-20(8-10-22)27-28-31-32-29-27/h7-14,17H,3-6,15-16,18H2,1-2H3,(H,28,29,31,32). The molecule has 0 aliphatic heterocycles. The number of tetrazole rings is 1. The Hall–Kier alpha value is -4.14. The summed E-state index contributed by atoms with van der Waals surface area (Å²) in [6.07, 6.45) is 5.97. The van der Waals surface area contributed by atoms with Gasteiger partial charge >= 0.3 is 0 Å². The Morgan fingerprint density at radius 1 is 1.00 bits per heavy atom. The van der Waals surface area contributed by atoms with Gasteiger partial charge in [-0.3, -0.25) is 0 Å². The molecular formula is C27H30N6O3. The molecule has 0 aliphatic carbocycles. The number of benzene rings is 2. The van der Waals surface area contributed by atoms with Gasteiger partial charge in [-0.1, -0.05) is 18.5 Å². The maximum absolute atomic E-state index is 6.22. The Labute approximate surface area is 209 Å². The summed E-state index contributed by atoms with van der Waals surface area (Å²) in [6, 6.07) is 16.1. The molecule has 9 heteroatoms. The van der Waals surface area contributed by atoms with Gasteiger partial charge in [0.1, 0.15) is 23.0 Å². The minimum atomic E-state index is 0.570. The van der Waals surface area contributed by atoms with Gasteiger partial charge in [-0.15, -0.1) is 10.2 Å². The van der Waals surface area contributed by atoms with Crippen molar-refractivity contribution in [1.29, 1.82) is 0 Å². The van der Waals surface area contributed by atoms with Gasteiger partial charge in [-0.25, -0.2) is 0 Å². The van der Waals surface area contributed by atoms with Gasteiger partial charge in [0.05, 0.1) is 19.8 Å². The fourth-order valence-electron chi connectivity index (χ4n) is 4.32. The van der Waals surface area contributed by atoms with Gasteiger partial charge in [0.15, 0.2) is 0 Å². The fraction of sp³-hybridized carbons (Fsp3) is 0.333. The van der Waals surface area contributed by atoms with E-state index in [-0.39, 0.29) is 0 Å². The summed E-state index contributed by atoms with van der Waals surface area (Å²) in [4.78, 5) is 0. The van der Waals surface area contributed by atoms with Crippen molar-refractivity contribution in [2.75, 3.05) is 13.2 Å². The third kappa shape index (κ3) is 5.40. The van der Waals surface area contributed by atoms with E-state index >= 15 is 0 Å². The lowest BCUT2D eigenvalue weighted by Gasteiger charge is -2.13. The predicted octanol–water partition coefficient (Wildman–Crippen LogP) is 5.36. The van der Waals surface area contributed by atoms with Crippen LogP contribution in [-0.4, -0.2) is 43.6 Å². The van der Waals surface area contributed by atoms with E-state index in [1.165, 1.54) is 16.5 Å². The maximum atomic E-state index is 6.22. The Morgan fingerprint density at radius 2 is 1.83 bits per heavy atom. The third-order valence-electron chi connectivity index (χ3n) is 6.05. The predicted molar refractivity (Wildman–Crippen MR) is 136 cm³/mol. The van der Waals surface area contributed by atoms with E-state index in [4.69, 9.17) is 14.0 Å². The summed E-state index contributed by atoms with van der Waals surface area (Å²) >= 11 is 0. The molecule has 0 saturated carbocycles. The van der Waals surface area contributed by atoms with Crippen LogP contribution in [0.1, 0.15) is 43.2 Å². The van der Waals surface area contributed by atoms with E-state index in [0.29, 0.717) is 25.6 Å². The van der Waals surface area contributed by atoms with Crippen molar-refractivity contribution in [3.63, 3.8) is 0 Å². The highest BCUT2D eigenvalue weighted by Crippen LogP contribution is 2.31. The summed E-state index contributed by atoms with van der Waals surface area (Å²) < 4.78 is 19.5. The molecule has 0 saturated heterocycles. The third-order valence-corrected chi connectivity index (χ3v) is 6.05. The monoisotopic (exact) mass is 486 g/mol. The first-order valence-corrected chi connectivity index (χ1v) is 12.3. The first-order valence-electron chi connectivity index (χ1n) is 12.3. The first-order chi connectivity index (χ1) is 17.7. The molecule has 1 N–H and O–H groups in total. The average molecular weight is 487 g/mol. The molecule has 0 bridgehead atoms. The highest BCUT2D eigenvalue weighted by Gasteiger charge is 2.13.